The number of hydrogen-bond acceptors (Lipinski definition) is 3. The summed E-state index contributed by atoms with van der Waals surface area (Å²) in [5, 5.41) is 33.2. The van der Waals surface area contributed by atoms with E-state index in [9.17, 15) is 15.3 Å². The Morgan fingerprint density at radius 2 is 1.42 bits per heavy atom. The lowest BCUT2D eigenvalue weighted by atomic mass is 9.33. The summed E-state index contributed by atoms with van der Waals surface area (Å²) in [6, 6.07) is 0. The van der Waals surface area contributed by atoms with Crippen molar-refractivity contribution in [3.63, 3.8) is 0 Å². The highest BCUT2D eigenvalue weighted by molar-refractivity contribution is 5.34. The molecule has 0 aliphatic heterocycles. The average Bonchev–Trinajstić information content (AvgIpc) is 2.68. The van der Waals surface area contributed by atoms with Crippen molar-refractivity contribution in [1.82, 2.24) is 0 Å². The standard InChI is InChI=1S/C30H50O3/c1-25(2)15-19-18-9-10-22-28(6)16-20(31)24(33)26(3,4)21(28)11-12-30(22,8)29(18,7)14-13-27(19,5)23(32)17-25/h9,19-24,31-33H,10-17H2,1-8H3. The van der Waals surface area contributed by atoms with E-state index in [2.05, 4.69) is 61.5 Å². The van der Waals surface area contributed by atoms with Crippen molar-refractivity contribution in [3.05, 3.63) is 11.6 Å². The van der Waals surface area contributed by atoms with Gasteiger partial charge in [0.05, 0.1) is 18.3 Å². The summed E-state index contributed by atoms with van der Waals surface area (Å²) in [5.41, 5.74) is 1.93. The summed E-state index contributed by atoms with van der Waals surface area (Å²) in [6.45, 7) is 19.0. The van der Waals surface area contributed by atoms with Crippen molar-refractivity contribution in [2.24, 2.45) is 50.2 Å². The first-order valence-corrected chi connectivity index (χ1v) is 13.8. The molecule has 4 fully saturated rings. The fraction of sp³-hybridized carbons (Fsp3) is 0.933. The fourth-order valence-corrected chi connectivity index (χ4v) is 10.8. The lowest BCUT2D eigenvalue weighted by Crippen LogP contribution is -2.67. The van der Waals surface area contributed by atoms with Crippen LogP contribution in [0.5, 0.6) is 0 Å². The van der Waals surface area contributed by atoms with Crippen molar-refractivity contribution in [3.8, 4) is 0 Å². The molecule has 3 N–H and O–H groups in total. The number of fused-ring (bicyclic) bond motifs is 7. The molecule has 0 spiro atoms. The van der Waals surface area contributed by atoms with Crippen LogP contribution in [0.25, 0.3) is 0 Å². The van der Waals surface area contributed by atoms with Gasteiger partial charge >= 0.3 is 0 Å². The Bertz CT molecular complexity index is 859. The lowest BCUT2D eigenvalue weighted by molar-refractivity contribution is -0.233. The first-order valence-electron chi connectivity index (χ1n) is 13.8. The predicted octanol–water partition coefficient (Wildman–Crippen LogP) is 6.11. The molecule has 0 aromatic rings. The SMILES string of the molecule is CC1(C)CC(O)C2(C)CCC3(C)C(=CCC4C5(C)CC(O)C(O)C(C)(C)C5CCC43C)C2C1. The van der Waals surface area contributed by atoms with E-state index >= 15 is 0 Å². The molecule has 3 heteroatoms. The van der Waals surface area contributed by atoms with E-state index in [1.165, 1.54) is 12.8 Å². The third-order valence-corrected chi connectivity index (χ3v) is 13.1. The van der Waals surface area contributed by atoms with Crippen LogP contribution in [-0.4, -0.2) is 33.6 Å². The number of rotatable bonds is 0. The van der Waals surface area contributed by atoms with Crippen LogP contribution >= 0.6 is 0 Å². The van der Waals surface area contributed by atoms with E-state index in [0.29, 0.717) is 24.2 Å². The first-order chi connectivity index (χ1) is 15.0. The van der Waals surface area contributed by atoms with Crippen LogP contribution in [-0.2, 0) is 0 Å². The Morgan fingerprint density at radius 1 is 0.758 bits per heavy atom. The zero-order chi connectivity index (χ0) is 24.4. The van der Waals surface area contributed by atoms with Crippen molar-refractivity contribution in [2.75, 3.05) is 0 Å². The molecular formula is C30H50O3. The first kappa shape index (κ1) is 24.3. The maximum atomic E-state index is 11.3. The molecule has 33 heavy (non-hydrogen) atoms. The van der Waals surface area contributed by atoms with E-state index in [1.54, 1.807) is 5.57 Å². The second kappa shape index (κ2) is 6.88. The monoisotopic (exact) mass is 458 g/mol. The third-order valence-electron chi connectivity index (χ3n) is 13.1. The van der Waals surface area contributed by atoms with Gasteiger partial charge in [0.1, 0.15) is 0 Å². The van der Waals surface area contributed by atoms with E-state index in [1.807, 2.05) is 0 Å². The molecule has 0 bridgehead atoms. The van der Waals surface area contributed by atoms with Crippen LogP contribution in [0.15, 0.2) is 11.6 Å². The van der Waals surface area contributed by atoms with E-state index < -0.39 is 12.2 Å². The number of aliphatic hydroxyl groups is 3. The summed E-state index contributed by atoms with van der Waals surface area (Å²) >= 11 is 0. The molecule has 0 saturated heterocycles. The summed E-state index contributed by atoms with van der Waals surface area (Å²) in [7, 11) is 0. The summed E-state index contributed by atoms with van der Waals surface area (Å²) < 4.78 is 0. The van der Waals surface area contributed by atoms with Crippen LogP contribution in [0.2, 0.25) is 0 Å². The highest BCUT2D eigenvalue weighted by Gasteiger charge is 2.69. The van der Waals surface area contributed by atoms with Crippen molar-refractivity contribution >= 4 is 0 Å². The molecule has 0 aromatic carbocycles. The minimum atomic E-state index is -0.634. The van der Waals surface area contributed by atoms with Gasteiger partial charge in [0.15, 0.2) is 0 Å². The number of aliphatic hydroxyl groups excluding tert-OH is 3. The second-order valence-corrected chi connectivity index (χ2v) is 15.5. The largest absolute Gasteiger partial charge is 0.393 e. The summed E-state index contributed by atoms with van der Waals surface area (Å²) in [6.07, 6.45) is 9.63. The molecule has 0 aromatic heterocycles. The van der Waals surface area contributed by atoms with Crippen LogP contribution in [0, 0.1) is 50.2 Å². The predicted molar refractivity (Wildman–Crippen MR) is 133 cm³/mol. The lowest BCUT2D eigenvalue weighted by Gasteiger charge is -2.72. The molecule has 5 rings (SSSR count). The van der Waals surface area contributed by atoms with Crippen LogP contribution < -0.4 is 0 Å². The minimum absolute atomic E-state index is 0.00169. The van der Waals surface area contributed by atoms with Gasteiger partial charge in [0, 0.05) is 5.41 Å². The smallest absolute Gasteiger partial charge is 0.0852 e. The molecule has 10 atom stereocenters. The molecule has 5 aliphatic carbocycles. The highest BCUT2D eigenvalue weighted by atomic mass is 16.3. The molecule has 4 saturated carbocycles. The second-order valence-electron chi connectivity index (χ2n) is 15.5. The molecule has 0 amide bonds. The van der Waals surface area contributed by atoms with Gasteiger partial charge in [-0.05, 0) is 96.2 Å². The van der Waals surface area contributed by atoms with Gasteiger partial charge in [0.2, 0.25) is 0 Å². The van der Waals surface area contributed by atoms with E-state index in [-0.39, 0.29) is 38.6 Å². The molecule has 10 unspecified atom stereocenters. The Labute approximate surface area is 202 Å². The quantitative estimate of drug-likeness (QED) is 0.384. The Balaban J connectivity index is 1.59. The summed E-state index contributed by atoms with van der Waals surface area (Å²) in [4.78, 5) is 0. The van der Waals surface area contributed by atoms with Gasteiger partial charge in [-0.25, -0.2) is 0 Å². The van der Waals surface area contributed by atoms with Crippen LogP contribution in [0.3, 0.4) is 0 Å². The van der Waals surface area contributed by atoms with Gasteiger partial charge in [-0.1, -0.05) is 67.0 Å². The third kappa shape index (κ3) is 2.91. The van der Waals surface area contributed by atoms with Gasteiger partial charge in [0.25, 0.3) is 0 Å². The van der Waals surface area contributed by atoms with Crippen molar-refractivity contribution in [1.29, 1.82) is 0 Å². The average molecular weight is 459 g/mol. The summed E-state index contributed by atoms with van der Waals surface area (Å²) in [5.74, 6) is 1.42. The maximum absolute atomic E-state index is 11.3. The Kier molecular flexibility index (Phi) is 5.07. The maximum Gasteiger partial charge on any atom is 0.0852 e. The van der Waals surface area contributed by atoms with Gasteiger partial charge in [-0.15, -0.1) is 0 Å². The minimum Gasteiger partial charge on any atom is -0.393 e. The number of allylic oxidation sites excluding steroid dienone is 2. The normalized spacial score (nSPS) is 57.1. The highest BCUT2D eigenvalue weighted by Crippen LogP contribution is 2.75. The molecule has 0 heterocycles. The molecule has 188 valence electrons. The van der Waals surface area contributed by atoms with Crippen molar-refractivity contribution < 1.29 is 15.3 Å². The molecule has 5 aliphatic rings. The number of hydrogen-bond donors (Lipinski definition) is 3. The zero-order valence-electron chi connectivity index (χ0n) is 22.5. The Hall–Kier alpha value is -0.380. The topological polar surface area (TPSA) is 60.7 Å². The Morgan fingerprint density at radius 3 is 2.09 bits per heavy atom. The van der Waals surface area contributed by atoms with Crippen molar-refractivity contribution in [2.45, 2.75) is 125 Å². The molecule has 0 radical (unpaired) electrons. The van der Waals surface area contributed by atoms with Gasteiger partial charge in [-0.3, -0.25) is 0 Å². The van der Waals surface area contributed by atoms with E-state index in [0.717, 1.165) is 32.1 Å². The fourth-order valence-electron chi connectivity index (χ4n) is 10.8. The zero-order valence-corrected chi connectivity index (χ0v) is 22.5. The molecular weight excluding hydrogens is 408 g/mol. The van der Waals surface area contributed by atoms with Gasteiger partial charge in [-0.2, -0.15) is 0 Å². The molecule has 3 nitrogen and oxygen atoms in total. The van der Waals surface area contributed by atoms with Gasteiger partial charge < -0.3 is 15.3 Å². The van der Waals surface area contributed by atoms with Crippen LogP contribution in [0.1, 0.15) is 107 Å². The van der Waals surface area contributed by atoms with E-state index in [4.69, 9.17) is 0 Å². The van der Waals surface area contributed by atoms with Crippen LogP contribution in [0.4, 0.5) is 0 Å².